The van der Waals surface area contributed by atoms with Gasteiger partial charge in [0.25, 0.3) is 0 Å². The Bertz CT molecular complexity index is 1230. The van der Waals surface area contributed by atoms with Crippen molar-refractivity contribution < 1.29 is 9.59 Å². The molecule has 1 aliphatic heterocycles. The second-order valence-electron chi connectivity index (χ2n) is 10.5. The molecule has 1 saturated heterocycles. The Morgan fingerprint density at radius 3 is 2.06 bits per heavy atom. The number of aromatic amines is 1. The predicted octanol–water partition coefficient (Wildman–Crippen LogP) is 5.12. The predicted molar refractivity (Wildman–Crippen MR) is 135 cm³/mol. The fraction of sp³-hybridized carbons (Fsp3) is 0.414. The molecule has 6 rings (SSSR count). The van der Waals surface area contributed by atoms with Crippen LogP contribution in [-0.4, -0.2) is 50.2 Å². The zero-order valence-electron chi connectivity index (χ0n) is 20.4. The maximum atomic E-state index is 13.3. The van der Waals surface area contributed by atoms with Gasteiger partial charge in [-0.3, -0.25) is 9.59 Å². The van der Waals surface area contributed by atoms with Crippen molar-refractivity contribution in [3.8, 4) is 22.4 Å². The second-order valence-corrected chi connectivity index (χ2v) is 10.5. The Balaban J connectivity index is 1.21. The number of H-pyrrole nitrogens is 1. The van der Waals surface area contributed by atoms with Gasteiger partial charge < -0.3 is 14.8 Å². The molecule has 0 spiro atoms. The molecule has 1 aromatic heterocycles. The quantitative estimate of drug-likeness (QED) is 0.529. The van der Waals surface area contributed by atoms with Crippen LogP contribution in [0.2, 0.25) is 0 Å². The van der Waals surface area contributed by atoms with Gasteiger partial charge >= 0.3 is 11.8 Å². The van der Waals surface area contributed by atoms with Crippen molar-refractivity contribution in [3.63, 3.8) is 0 Å². The standard InChI is InChI=1S/C29H32N4O2/c1-18-3-5-20(6-4-18)21-7-9-22(10-8-21)25-17-30-27(31-25)26-19(2)15-16-32(26)28(34)29(35)33(23-11-12-23)24-13-14-24/h3-10,17,19,23-24,26H,11-16H2,1-2H3,(H,30,31)/t19-,26+/m1/s1. The van der Waals surface area contributed by atoms with Crippen molar-refractivity contribution in [1.82, 2.24) is 19.8 Å². The smallest absolute Gasteiger partial charge is 0.312 e. The number of imidazole rings is 1. The summed E-state index contributed by atoms with van der Waals surface area (Å²) < 4.78 is 0. The summed E-state index contributed by atoms with van der Waals surface area (Å²) in [6.07, 6.45) is 6.82. The van der Waals surface area contributed by atoms with Crippen LogP contribution in [0.4, 0.5) is 0 Å². The third-order valence-electron chi connectivity index (χ3n) is 7.72. The molecule has 6 heteroatoms. The van der Waals surface area contributed by atoms with Gasteiger partial charge in [-0.1, -0.05) is 61.0 Å². The van der Waals surface area contributed by atoms with Gasteiger partial charge in [-0.05, 0) is 61.6 Å². The van der Waals surface area contributed by atoms with Crippen LogP contribution < -0.4 is 0 Å². The maximum Gasteiger partial charge on any atom is 0.312 e. The molecule has 2 amide bonds. The van der Waals surface area contributed by atoms with Gasteiger partial charge in [0.2, 0.25) is 0 Å². The minimum absolute atomic E-state index is 0.202. The fourth-order valence-corrected chi connectivity index (χ4v) is 5.38. The first kappa shape index (κ1) is 22.1. The molecule has 0 bridgehead atoms. The molecule has 3 aliphatic rings. The van der Waals surface area contributed by atoms with Gasteiger partial charge in [0.1, 0.15) is 5.82 Å². The summed E-state index contributed by atoms with van der Waals surface area (Å²) in [5.41, 5.74) is 5.58. The monoisotopic (exact) mass is 468 g/mol. The van der Waals surface area contributed by atoms with Crippen LogP contribution in [-0.2, 0) is 9.59 Å². The summed E-state index contributed by atoms with van der Waals surface area (Å²) in [6, 6.07) is 17.3. The van der Waals surface area contributed by atoms with Crippen LogP contribution in [0, 0.1) is 12.8 Å². The SMILES string of the molecule is Cc1ccc(-c2ccc(-c3cnc([C@@H]4[C@H](C)CCN4C(=O)C(=O)N(C4CC4)C4CC4)[nH]3)cc2)cc1. The van der Waals surface area contributed by atoms with Crippen LogP contribution in [0.1, 0.15) is 56.5 Å². The first-order chi connectivity index (χ1) is 17.0. The lowest BCUT2D eigenvalue weighted by molar-refractivity contribution is -0.153. The summed E-state index contributed by atoms with van der Waals surface area (Å²) in [7, 11) is 0. The molecule has 6 nitrogen and oxygen atoms in total. The van der Waals surface area contributed by atoms with E-state index in [0.717, 1.165) is 49.2 Å². The minimum Gasteiger partial charge on any atom is -0.340 e. The minimum atomic E-state index is -0.362. The van der Waals surface area contributed by atoms with E-state index in [1.165, 1.54) is 16.7 Å². The van der Waals surface area contributed by atoms with Gasteiger partial charge in [0.05, 0.1) is 17.9 Å². The van der Waals surface area contributed by atoms with Gasteiger partial charge in [0, 0.05) is 18.6 Å². The average molecular weight is 469 g/mol. The molecular formula is C29H32N4O2. The van der Waals surface area contributed by atoms with E-state index in [2.05, 4.69) is 72.3 Å². The Morgan fingerprint density at radius 1 is 0.886 bits per heavy atom. The van der Waals surface area contributed by atoms with Crippen molar-refractivity contribution in [3.05, 3.63) is 66.1 Å². The summed E-state index contributed by atoms with van der Waals surface area (Å²) in [4.78, 5) is 38.3. The summed E-state index contributed by atoms with van der Waals surface area (Å²) in [5, 5.41) is 0. The number of carbonyl (C=O) groups excluding carboxylic acids is 2. The van der Waals surface area contributed by atoms with Crippen LogP contribution in [0.25, 0.3) is 22.4 Å². The van der Waals surface area contributed by atoms with E-state index in [-0.39, 0.29) is 35.9 Å². The number of amides is 2. The lowest BCUT2D eigenvalue weighted by Crippen LogP contribution is -2.47. The third kappa shape index (κ3) is 4.26. The number of hydrogen-bond donors (Lipinski definition) is 1. The highest BCUT2D eigenvalue weighted by atomic mass is 16.2. The number of likely N-dealkylation sites (tertiary alicyclic amines) is 1. The number of benzene rings is 2. The van der Waals surface area contributed by atoms with Crippen LogP contribution >= 0.6 is 0 Å². The maximum absolute atomic E-state index is 13.3. The number of nitrogens with one attached hydrogen (secondary N) is 1. The highest BCUT2D eigenvalue weighted by molar-refractivity contribution is 6.35. The van der Waals surface area contributed by atoms with E-state index in [1.807, 2.05) is 11.1 Å². The van der Waals surface area contributed by atoms with E-state index in [1.54, 1.807) is 4.90 Å². The number of nitrogens with zero attached hydrogens (tertiary/aromatic N) is 3. The topological polar surface area (TPSA) is 69.3 Å². The van der Waals surface area contributed by atoms with Crippen LogP contribution in [0.3, 0.4) is 0 Å². The lowest BCUT2D eigenvalue weighted by atomic mass is 10.0. The first-order valence-electron chi connectivity index (χ1n) is 12.9. The first-order valence-corrected chi connectivity index (χ1v) is 12.9. The summed E-state index contributed by atoms with van der Waals surface area (Å²) in [6.45, 7) is 4.83. The molecule has 2 saturated carbocycles. The zero-order valence-corrected chi connectivity index (χ0v) is 20.4. The Morgan fingerprint density at radius 2 is 1.46 bits per heavy atom. The van der Waals surface area contributed by atoms with Crippen molar-refractivity contribution in [2.45, 2.75) is 64.1 Å². The molecule has 2 atom stereocenters. The van der Waals surface area contributed by atoms with E-state index in [0.29, 0.717) is 6.54 Å². The molecule has 2 heterocycles. The fourth-order valence-electron chi connectivity index (χ4n) is 5.38. The Labute approximate surface area is 206 Å². The number of hydrogen-bond acceptors (Lipinski definition) is 3. The summed E-state index contributed by atoms with van der Waals surface area (Å²) in [5.74, 6) is 0.328. The molecule has 1 N–H and O–H groups in total. The van der Waals surface area contributed by atoms with Crippen LogP contribution in [0.15, 0.2) is 54.7 Å². The molecule has 3 fully saturated rings. The van der Waals surface area contributed by atoms with Gasteiger partial charge in [-0.25, -0.2) is 4.98 Å². The molecule has 2 aromatic carbocycles. The van der Waals surface area contributed by atoms with Crippen molar-refractivity contribution in [2.75, 3.05) is 6.54 Å². The highest BCUT2D eigenvalue weighted by Gasteiger charge is 2.47. The largest absolute Gasteiger partial charge is 0.340 e. The average Bonchev–Trinajstić information content (AvgIpc) is 3.80. The molecule has 180 valence electrons. The van der Waals surface area contributed by atoms with Crippen molar-refractivity contribution >= 4 is 11.8 Å². The number of rotatable bonds is 5. The number of carbonyl (C=O) groups is 2. The van der Waals surface area contributed by atoms with Crippen molar-refractivity contribution in [2.24, 2.45) is 5.92 Å². The Hall–Kier alpha value is -3.41. The second kappa shape index (κ2) is 8.67. The van der Waals surface area contributed by atoms with Gasteiger partial charge in [0.15, 0.2) is 0 Å². The number of aryl methyl sites for hydroxylation is 1. The molecule has 3 aromatic rings. The highest BCUT2D eigenvalue weighted by Crippen LogP contribution is 2.40. The van der Waals surface area contributed by atoms with Gasteiger partial charge in [-0.2, -0.15) is 0 Å². The molecule has 2 aliphatic carbocycles. The van der Waals surface area contributed by atoms with E-state index in [9.17, 15) is 9.59 Å². The Kier molecular flexibility index (Phi) is 5.47. The van der Waals surface area contributed by atoms with E-state index >= 15 is 0 Å². The normalized spacial score (nSPS) is 21.8. The molecule has 35 heavy (non-hydrogen) atoms. The van der Waals surface area contributed by atoms with E-state index < -0.39 is 0 Å². The molecular weight excluding hydrogens is 436 g/mol. The number of aromatic nitrogens is 2. The molecule has 0 unspecified atom stereocenters. The van der Waals surface area contributed by atoms with E-state index in [4.69, 9.17) is 0 Å². The van der Waals surface area contributed by atoms with Gasteiger partial charge in [-0.15, -0.1) is 0 Å². The third-order valence-corrected chi connectivity index (χ3v) is 7.72. The van der Waals surface area contributed by atoms with Crippen LogP contribution in [0.5, 0.6) is 0 Å². The lowest BCUT2D eigenvalue weighted by Gasteiger charge is -2.28. The zero-order chi connectivity index (χ0) is 24.1. The summed E-state index contributed by atoms with van der Waals surface area (Å²) >= 11 is 0. The van der Waals surface area contributed by atoms with Crippen molar-refractivity contribution in [1.29, 1.82) is 0 Å². The molecule has 0 radical (unpaired) electrons.